The van der Waals surface area contributed by atoms with Crippen LogP contribution in [0.3, 0.4) is 0 Å². The van der Waals surface area contributed by atoms with Crippen molar-refractivity contribution < 1.29 is 4.79 Å². The van der Waals surface area contributed by atoms with E-state index in [0.29, 0.717) is 28.9 Å². The first kappa shape index (κ1) is 20.9. The van der Waals surface area contributed by atoms with Crippen LogP contribution in [-0.4, -0.2) is 21.5 Å². The number of aromatic nitrogens is 2. The van der Waals surface area contributed by atoms with Gasteiger partial charge in [0.1, 0.15) is 5.82 Å². The number of Topliss-reactive ketones (excluding diaryl/α,β-unsaturated/α-hetero) is 1. The summed E-state index contributed by atoms with van der Waals surface area (Å²) in [6, 6.07) is 8.33. The van der Waals surface area contributed by atoms with Crippen molar-refractivity contribution in [2.45, 2.75) is 69.9 Å². The number of nitrogens with one attached hydrogen (secondary N) is 2. The van der Waals surface area contributed by atoms with Crippen molar-refractivity contribution in [2.75, 3.05) is 11.1 Å². The maximum Gasteiger partial charge on any atom is 0.257 e. The molecule has 158 valence electrons. The van der Waals surface area contributed by atoms with E-state index in [1.807, 2.05) is 0 Å². The number of thioether (sulfide) groups is 1. The van der Waals surface area contributed by atoms with Crippen LogP contribution in [0.5, 0.6) is 0 Å². The third-order valence-electron chi connectivity index (χ3n) is 5.91. The summed E-state index contributed by atoms with van der Waals surface area (Å²) in [5.41, 5.74) is 4.29. The first-order valence-corrected chi connectivity index (χ1v) is 11.9. The number of unbranched alkanes of at least 4 members (excludes halogenated alkanes) is 1. The highest BCUT2D eigenvalue weighted by Gasteiger charge is 2.37. The van der Waals surface area contributed by atoms with Gasteiger partial charge in [-0.3, -0.25) is 9.59 Å². The number of nitrogens with zero attached hydrogens (tertiary/aromatic N) is 1. The number of benzene rings is 1. The van der Waals surface area contributed by atoms with Crippen LogP contribution in [0.25, 0.3) is 0 Å². The Morgan fingerprint density at radius 3 is 2.63 bits per heavy atom. The van der Waals surface area contributed by atoms with Crippen molar-refractivity contribution in [3.8, 4) is 0 Å². The van der Waals surface area contributed by atoms with Gasteiger partial charge in [0, 0.05) is 29.4 Å². The van der Waals surface area contributed by atoms with Gasteiger partial charge in [-0.15, -0.1) is 0 Å². The average molecular weight is 424 g/mol. The Kier molecular flexibility index (Phi) is 6.14. The van der Waals surface area contributed by atoms with E-state index in [1.54, 1.807) is 11.8 Å². The van der Waals surface area contributed by atoms with E-state index >= 15 is 0 Å². The number of allylic oxidation sites excluding steroid dienone is 2. The minimum atomic E-state index is -0.365. The number of aromatic amines is 1. The molecule has 0 saturated carbocycles. The van der Waals surface area contributed by atoms with Crippen molar-refractivity contribution in [3.05, 3.63) is 62.6 Å². The predicted octanol–water partition coefficient (Wildman–Crippen LogP) is 5.35. The Morgan fingerprint density at radius 2 is 1.93 bits per heavy atom. The Labute approximate surface area is 181 Å². The first-order valence-electron chi connectivity index (χ1n) is 10.9. The van der Waals surface area contributed by atoms with Crippen LogP contribution in [0.15, 0.2) is 45.5 Å². The molecule has 0 radical (unpaired) electrons. The number of anilines is 1. The van der Waals surface area contributed by atoms with Crippen LogP contribution in [0, 0.1) is 0 Å². The molecule has 6 heteroatoms. The lowest BCUT2D eigenvalue weighted by Gasteiger charge is -2.33. The number of carbonyl (C=O) groups excluding carboxylic acids is 1. The molecule has 0 saturated heterocycles. The maximum absolute atomic E-state index is 13.2. The molecule has 5 nitrogen and oxygen atoms in total. The van der Waals surface area contributed by atoms with E-state index < -0.39 is 0 Å². The zero-order valence-corrected chi connectivity index (χ0v) is 18.7. The molecule has 1 unspecified atom stereocenters. The zero-order valence-electron chi connectivity index (χ0n) is 17.9. The molecular weight excluding hydrogens is 394 g/mol. The molecule has 1 aliphatic heterocycles. The zero-order chi connectivity index (χ0) is 21.3. The summed E-state index contributed by atoms with van der Waals surface area (Å²) < 4.78 is 0. The van der Waals surface area contributed by atoms with Gasteiger partial charge in [0.05, 0.1) is 5.56 Å². The molecule has 4 rings (SSSR count). The smallest absolute Gasteiger partial charge is 0.257 e. The molecule has 0 amide bonds. The normalized spacial score (nSPS) is 18.3. The molecule has 1 atom stereocenters. The van der Waals surface area contributed by atoms with Gasteiger partial charge in [-0.25, -0.2) is 4.98 Å². The molecule has 30 heavy (non-hydrogen) atoms. The van der Waals surface area contributed by atoms with Crippen LogP contribution in [0.1, 0.15) is 81.4 Å². The molecule has 1 aromatic carbocycles. The summed E-state index contributed by atoms with van der Waals surface area (Å²) in [4.78, 5) is 33.8. The summed E-state index contributed by atoms with van der Waals surface area (Å²) in [6.45, 7) is 6.47. The second-order valence-corrected chi connectivity index (χ2v) is 9.47. The number of hydrogen-bond donors (Lipinski definition) is 2. The molecule has 2 aliphatic rings. The van der Waals surface area contributed by atoms with Crippen LogP contribution in [0.2, 0.25) is 0 Å². The Morgan fingerprint density at radius 1 is 1.17 bits per heavy atom. The van der Waals surface area contributed by atoms with Crippen molar-refractivity contribution in [2.24, 2.45) is 0 Å². The highest BCUT2D eigenvalue weighted by atomic mass is 32.2. The molecule has 0 bridgehead atoms. The topological polar surface area (TPSA) is 74.8 Å². The second kappa shape index (κ2) is 8.80. The fraction of sp³-hybridized carbons (Fsp3) is 0.458. The number of fused-ring (bicyclic) bond motifs is 1. The van der Waals surface area contributed by atoms with Crippen molar-refractivity contribution in [1.82, 2.24) is 9.97 Å². The van der Waals surface area contributed by atoms with Gasteiger partial charge >= 0.3 is 0 Å². The van der Waals surface area contributed by atoms with Gasteiger partial charge in [0.2, 0.25) is 0 Å². The lowest BCUT2D eigenvalue weighted by Crippen LogP contribution is -2.32. The Balaban J connectivity index is 1.81. The Bertz CT molecular complexity index is 1040. The van der Waals surface area contributed by atoms with E-state index in [1.165, 1.54) is 5.56 Å². The molecule has 1 aliphatic carbocycles. The lowest BCUT2D eigenvalue weighted by atomic mass is 9.76. The minimum absolute atomic E-state index is 0.133. The number of rotatable bonds is 6. The van der Waals surface area contributed by atoms with Crippen LogP contribution in [-0.2, 0) is 4.79 Å². The monoisotopic (exact) mass is 423 g/mol. The summed E-state index contributed by atoms with van der Waals surface area (Å²) in [6.07, 6.45) is 4.36. The maximum atomic E-state index is 13.2. The first-order chi connectivity index (χ1) is 14.5. The molecule has 2 aromatic rings. The van der Waals surface area contributed by atoms with Gasteiger partial charge in [0.25, 0.3) is 5.56 Å². The summed E-state index contributed by atoms with van der Waals surface area (Å²) in [5.74, 6) is 1.72. The quantitative estimate of drug-likeness (QED) is 0.372. The number of ketones is 1. The summed E-state index contributed by atoms with van der Waals surface area (Å²) >= 11 is 1.57. The van der Waals surface area contributed by atoms with Gasteiger partial charge < -0.3 is 10.3 Å². The molecule has 0 fully saturated rings. The molecular formula is C24H29N3O2S. The SMILES string of the molecule is CCCCSc1nc2c(c(=O)[nH]1)C(c1ccc(C(C)C)cc1)C1=C(CCCC1=O)N2. The highest BCUT2D eigenvalue weighted by molar-refractivity contribution is 7.99. The molecule has 2 heterocycles. The molecule has 2 N–H and O–H groups in total. The lowest BCUT2D eigenvalue weighted by molar-refractivity contribution is -0.116. The van der Waals surface area contributed by atoms with E-state index in [9.17, 15) is 9.59 Å². The fourth-order valence-corrected chi connectivity index (χ4v) is 5.18. The van der Waals surface area contributed by atoms with Crippen molar-refractivity contribution in [3.63, 3.8) is 0 Å². The minimum Gasteiger partial charge on any atom is -0.343 e. The van der Waals surface area contributed by atoms with Gasteiger partial charge in [-0.1, -0.05) is 63.2 Å². The second-order valence-electron chi connectivity index (χ2n) is 8.38. The molecule has 1 aromatic heterocycles. The summed E-state index contributed by atoms with van der Waals surface area (Å²) in [7, 11) is 0. The van der Waals surface area contributed by atoms with E-state index in [-0.39, 0.29) is 17.3 Å². The molecule has 0 spiro atoms. The Hall–Kier alpha value is -2.34. The number of H-pyrrole nitrogens is 1. The van der Waals surface area contributed by atoms with E-state index in [2.05, 4.69) is 55.3 Å². The third kappa shape index (κ3) is 3.97. The summed E-state index contributed by atoms with van der Waals surface area (Å²) in [5, 5.41) is 3.98. The largest absolute Gasteiger partial charge is 0.343 e. The van der Waals surface area contributed by atoms with Crippen LogP contribution in [0.4, 0.5) is 5.82 Å². The van der Waals surface area contributed by atoms with Gasteiger partial charge in [0.15, 0.2) is 10.9 Å². The van der Waals surface area contributed by atoms with Crippen molar-refractivity contribution >= 4 is 23.4 Å². The van der Waals surface area contributed by atoms with Gasteiger partial charge in [-0.2, -0.15) is 0 Å². The number of carbonyl (C=O) groups is 1. The van der Waals surface area contributed by atoms with E-state index in [0.717, 1.165) is 48.3 Å². The third-order valence-corrected chi connectivity index (χ3v) is 6.87. The standard InChI is InChI=1S/C24H29N3O2S/c1-4-5-13-30-24-26-22-21(23(29)27-24)19(16-11-9-15(10-12-16)14(2)3)20-17(25-22)7-6-8-18(20)28/h9-12,14,19H,4-8,13H2,1-3H3,(H2,25,26,27,29). The van der Waals surface area contributed by atoms with Crippen LogP contribution < -0.4 is 10.9 Å². The van der Waals surface area contributed by atoms with Crippen LogP contribution >= 0.6 is 11.8 Å². The van der Waals surface area contributed by atoms with Crippen molar-refractivity contribution in [1.29, 1.82) is 0 Å². The van der Waals surface area contributed by atoms with Gasteiger partial charge in [-0.05, 0) is 36.3 Å². The number of hydrogen-bond acceptors (Lipinski definition) is 5. The predicted molar refractivity (Wildman–Crippen MR) is 122 cm³/mol. The van der Waals surface area contributed by atoms with E-state index in [4.69, 9.17) is 4.98 Å². The highest BCUT2D eigenvalue weighted by Crippen LogP contribution is 2.43. The average Bonchev–Trinajstić information content (AvgIpc) is 2.73. The fourth-order valence-electron chi connectivity index (χ4n) is 4.23.